The molecule has 0 fully saturated rings. The zero-order valence-corrected chi connectivity index (χ0v) is 12.4. The van der Waals surface area contributed by atoms with Crippen LogP contribution in [0.3, 0.4) is 0 Å². The zero-order chi connectivity index (χ0) is 14.4. The molecule has 3 nitrogen and oxygen atoms in total. The summed E-state index contributed by atoms with van der Waals surface area (Å²) >= 11 is 5.95. The molecule has 2 aromatic rings. The van der Waals surface area contributed by atoms with Crippen molar-refractivity contribution in [1.29, 1.82) is 0 Å². The Morgan fingerprint density at radius 1 is 0.950 bits per heavy atom. The molecule has 0 amide bonds. The summed E-state index contributed by atoms with van der Waals surface area (Å²) in [6.45, 7) is 0.315. The van der Waals surface area contributed by atoms with Gasteiger partial charge in [0.1, 0.15) is 5.75 Å². The van der Waals surface area contributed by atoms with Crippen molar-refractivity contribution >= 4 is 21.4 Å². The number of sulfone groups is 1. The van der Waals surface area contributed by atoms with Crippen molar-refractivity contribution in [3.05, 3.63) is 59.6 Å². The standard InChI is InChI=1S/C15H15ClO3S/c16-14-9-4-5-10-15(14)19-11-6-12-20(17,18)13-7-2-1-3-8-13/h1-5,7-10H,6,11-12H2. The first-order chi connectivity index (χ1) is 9.59. The Kier molecular flexibility index (Phi) is 5.04. The van der Waals surface area contributed by atoms with E-state index in [1.165, 1.54) is 0 Å². The minimum Gasteiger partial charge on any atom is -0.492 e. The second-order valence-electron chi connectivity index (χ2n) is 4.26. The fraction of sp³-hybridized carbons (Fsp3) is 0.200. The van der Waals surface area contributed by atoms with E-state index in [1.807, 2.05) is 12.1 Å². The summed E-state index contributed by atoms with van der Waals surface area (Å²) in [6, 6.07) is 15.6. The maximum absolute atomic E-state index is 12.0. The molecule has 0 unspecified atom stereocenters. The molecule has 0 aliphatic carbocycles. The summed E-state index contributed by atoms with van der Waals surface area (Å²) in [5.74, 6) is 0.632. The first-order valence-corrected chi connectivity index (χ1v) is 8.28. The molecule has 2 rings (SSSR count). The molecule has 0 saturated carbocycles. The van der Waals surface area contributed by atoms with Crippen molar-refractivity contribution in [2.75, 3.05) is 12.4 Å². The molecular formula is C15H15ClO3S. The van der Waals surface area contributed by atoms with Gasteiger partial charge in [0, 0.05) is 0 Å². The van der Waals surface area contributed by atoms with Gasteiger partial charge < -0.3 is 4.74 Å². The molecular weight excluding hydrogens is 296 g/mol. The van der Waals surface area contributed by atoms with Gasteiger partial charge in [-0.1, -0.05) is 41.9 Å². The first kappa shape index (κ1) is 14.9. The minimum atomic E-state index is -3.24. The van der Waals surface area contributed by atoms with Crippen LogP contribution in [0.5, 0.6) is 5.75 Å². The lowest BCUT2D eigenvalue weighted by molar-refractivity contribution is 0.318. The Balaban J connectivity index is 1.86. The summed E-state index contributed by atoms with van der Waals surface area (Å²) in [5.41, 5.74) is 0. The Bertz CT molecular complexity index is 654. The van der Waals surface area contributed by atoms with Crippen LogP contribution >= 0.6 is 11.6 Å². The average molecular weight is 311 g/mol. The van der Waals surface area contributed by atoms with Crippen LogP contribution in [0.25, 0.3) is 0 Å². The molecule has 0 N–H and O–H groups in total. The number of hydrogen-bond donors (Lipinski definition) is 0. The minimum absolute atomic E-state index is 0.0570. The van der Waals surface area contributed by atoms with Crippen LogP contribution in [0.15, 0.2) is 59.5 Å². The van der Waals surface area contributed by atoms with Gasteiger partial charge in [-0.25, -0.2) is 8.42 Å². The molecule has 0 atom stereocenters. The molecule has 0 aliphatic heterocycles. The van der Waals surface area contributed by atoms with Crippen LogP contribution in [0.2, 0.25) is 5.02 Å². The van der Waals surface area contributed by atoms with E-state index in [9.17, 15) is 8.42 Å². The van der Waals surface area contributed by atoms with E-state index in [2.05, 4.69) is 0 Å². The summed E-state index contributed by atoms with van der Waals surface area (Å²) in [7, 11) is -3.24. The number of benzene rings is 2. The number of para-hydroxylation sites is 1. The van der Waals surface area contributed by atoms with Crippen LogP contribution in [-0.2, 0) is 9.84 Å². The summed E-state index contributed by atoms with van der Waals surface area (Å²) in [4.78, 5) is 0.345. The Labute approximate surface area is 124 Å². The normalized spacial score (nSPS) is 11.2. The molecule has 0 bridgehead atoms. The van der Waals surface area contributed by atoms with Crippen LogP contribution in [-0.4, -0.2) is 20.8 Å². The van der Waals surface area contributed by atoms with E-state index < -0.39 is 9.84 Å². The maximum Gasteiger partial charge on any atom is 0.178 e. The SMILES string of the molecule is O=S(=O)(CCCOc1ccccc1Cl)c1ccccc1. The van der Waals surface area contributed by atoms with Gasteiger partial charge in [0.2, 0.25) is 0 Å². The van der Waals surface area contributed by atoms with Crippen molar-refractivity contribution in [2.24, 2.45) is 0 Å². The van der Waals surface area contributed by atoms with Crippen molar-refractivity contribution < 1.29 is 13.2 Å². The van der Waals surface area contributed by atoms with E-state index in [-0.39, 0.29) is 5.75 Å². The van der Waals surface area contributed by atoms with Gasteiger partial charge in [-0.3, -0.25) is 0 Å². The van der Waals surface area contributed by atoms with E-state index in [1.54, 1.807) is 42.5 Å². The lowest BCUT2D eigenvalue weighted by Gasteiger charge is -2.08. The van der Waals surface area contributed by atoms with Crippen LogP contribution in [0.1, 0.15) is 6.42 Å². The van der Waals surface area contributed by atoms with Crippen LogP contribution < -0.4 is 4.74 Å². The molecule has 20 heavy (non-hydrogen) atoms. The van der Waals surface area contributed by atoms with Crippen molar-refractivity contribution in [3.8, 4) is 5.75 Å². The van der Waals surface area contributed by atoms with Gasteiger partial charge >= 0.3 is 0 Å². The van der Waals surface area contributed by atoms with Gasteiger partial charge in [-0.2, -0.15) is 0 Å². The highest BCUT2D eigenvalue weighted by Crippen LogP contribution is 2.23. The fourth-order valence-corrected chi connectivity index (χ4v) is 3.23. The molecule has 0 spiro atoms. The third-order valence-electron chi connectivity index (χ3n) is 2.75. The van der Waals surface area contributed by atoms with Gasteiger partial charge in [-0.05, 0) is 30.7 Å². The van der Waals surface area contributed by atoms with E-state index in [0.717, 1.165) is 0 Å². The predicted octanol–water partition coefficient (Wildman–Crippen LogP) is 3.58. The van der Waals surface area contributed by atoms with Gasteiger partial charge in [0.25, 0.3) is 0 Å². The Hall–Kier alpha value is -1.52. The zero-order valence-electron chi connectivity index (χ0n) is 10.8. The third-order valence-corrected chi connectivity index (χ3v) is 4.88. The summed E-state index contributed by atoms with van der Waals surface area (Å²) < 4.78 is 29.5. The van der Waals surface area contributed by atoms with Crippen molar-refractivity contribution in [1.82, 2.24) is 0 Å². The van der Waals surface area contributed by atoms with E-state index in [4.69, 9.17) is 16.3 Å². The number of hydrogen-bond acceptors (Lipinski definition) is 3. The molecule has 0 radical (unpaired) electrons. The van der Waals surface area contributed by atoms with Gasteiger partial charge in [0.05, 0.1) is 22.3 Å². The number of rotatable bonds is 6. The first-order valence-electron chi connectivity index (χ1n) is 6.25. The Morgan fingerprint density at radius 3 is 2.30 bits per heavy atom. The highest BCUT2D eigenvalue weighted by Gasteiger charge is 2.13. The topological polar surface area (TPSA) is 43.4 Å². The van der Waals surface area contributed by atoms with Gasteiger partial charge in [0.15, 0.2) is 9.84 Å². The van der Waals surface area contributed by atoms with E-state index in [0.29, 0.717) is 28.7 Å². The average Bonchev–Trinajstić information content (AvgIpc) is 2.46. The molecule has 0 aliphatic rings. The monoisotopic (exact) mass is 310 g/mol. The maximum atomic E-state index is 12.0. The van der Waals surface area contributed by atoms with Crippen LogP contribution in [0.4, 0.5) is 0 Å². The molecule has 106 valence electrons. The lowest BCUT2D eigenvalue weighted by Crippen LogP contribution is -2.10. The molecule has 0 aromatic heterocycles. The van der Waals surface area contributed by atoms with Crippen molar-refractivity contribution in [3.63, 3.8) is 0 Å². The fourth-order valence-electron chi connectivity index (χ4n) is 1.74. The predicted molar refractivity (Wildman–Crippen MR) is 80.1 cm³/mol. The quantitative estimate of drug-likeness (QED) is 0.766. The highest BCUT2D eigenvalue weighted by molar-refractivity contribution is 7.91. The smallest absolute Gasteiger partial charge is 0.178 e. The third kappa shape index (κ3) is 3.99. The van der Waals surface area contributed by atoms with Gasteiger partial charge in [-0.15, -0.1) is 0 Å². The number of ether oxygens (including phenoxy) is 1. The second-order valence-corrected chi connectivity index (χ2v) is 6.78. The Morgan fingerprint density at radius 2 is 1.60 bits per heavy atom. The highest BCUT2D eigenvalue weighted by atomic mass is 35.5. The molecule has 5 heteroatoms. The molecule has 2 aromatic carbocycles. The largest absolute Gasteiger partial charge is 0.492 e. The van der Waals surface area contributed by atoms with Crippen LogP contribution in [0, 0.1) is 0 Å². The summed E-state index contributed by atoms with van der Waals surface area (Å²) in [5, 5.41) is 0.526. The summed E-state index contributed by atoms with van der Waals surface area (Å²) in [6.07, 6.45) is 0.419. The number of halogens is 1. The lowest BCUT2D eigenvalue weighted by atomic mass is 10.3. The second kappa shape index (κ2) is 6.77. The van der Waals surface area contributed by atoms with Crippen molar-refractivity contribution in [2.45, 2.75) is 11.3 Å². The molecule has 0 saturated heterocycles. The molecule has 0 heterocycles. The van der Waals surface area contributed by atoms with E-state index >= 15 is 0 Å².